The molecule has 3 rings (SSSR count). The van der Waals surface area contributed by atoms with Crippen molar-refractivity contribution in [2.45, 2.75) is 46.0 Å². The molecular weight excluding hydrogens is 411 g/mol. The minimum Gasteiger partial charge on any atom is -0.716 e. The fraction of sp³-hybridized carbons (Fsp3) is 0.526. The quantitative estimate of drug-likeness (QED) is 0.271. The van der Waals surface area contributed by atoms with Gasteiger partial charge in [-0.15, -0.1) is 0 Å². The third kappa shape index (κ3) is 6.11. The second kappa shape index (κ2) is 10.2. The molecule has 1 heterocycles. The zero-order valence-electron chi connectivity index (χ0n) is 16.9. The number of hydrogen-bond donors (Lipinski definition) is 0. The molecular formula is C19H23NaO8S. The SMILES string of the molecule is CCOC(=O)c1c(C)oc2cc(OCC3CCCCC3)c(OS(=O)(=O)[O-])cc12.[Na+]. The van der Waals surface area contributed by atoms with Crippen LogP contribution in [0.1, 0.15) is 55.1 Å². The minimum atomic E-state index is -5.02. The number of aryl methyl sites for hydroxylation is 1. The summed E-state index contributed by atoms with van der Waals surface area (Å²) < 4.78 is 54.5. The summed E-state index contributed by atoms with van der Waals surface area (Å²) in [4.78, 5) is 12.2. The molecule has 1 saturated carbocycles. The Morgan fingerprint density at radius 3 is 2.52 bits per heavy atom. The van der Waals surface area contributed by atoms with Crippen LogP contribution in [0.15, 0.2) is 16.5 Å². The molecule has 0 spiro atoms. The number of carbonyl (C=O) groups is 1. The Morgan fingerprint density at radius 2 is 1.90 bits per heavy atom. The minimum absolute atomic E-state index is 0. The van der Waals surface area contributed by atoms with E-state index in [-0.39, 0.29) is 53.2 Å². The van der Waals surface area contributed by atoms with Crippen LogP contribution in [0.3, 0.4) is 0 Å². The summed E-state index contributed by atoms with van der Waals surface area (Å²) >= 11 is 0. The van der Waals surface area contributed by atoms with E-state index >= 15 is 0 Å². The first-order valence-corrected chi connectivity index (χ1v) is 10.6. The van der Waals surface area contributed by atoms with E-state index in [1.54, 1.807) is 13.8 Å². The van der Waals surface area contributed by atoms with E-state index in [0.29, 0.717) is 29.3 Å². The van der Waals surface area contributed by atoms with Gasteiger partial charge in [-0.2, -0.15) is 0 Å². The van der Waals surface area contributed by atoms with Gasteiger partial charge in [-0.3, -0.25) is 0 Å². The largest absolute Gasteiger partial charge is 1.00 e. The third-order valence-electron chi connectivity index (χ3n) is 4.80. The van der Waals surface area contributed by atoms with Gasteiger partial charge in [0.25, 0.3) is 10.4 Å². The molecule has 0 amide bonds. The molecule has 0 N–H and O–H groups in total. The van der Waals surface area contributed by atoms with Crippen molar-refractivity contribution in [3.63, 3.8) is 0 Å². The number of ether oxygens (including phenoxy) is 2. The maximum Gasteiger partial charge on any atom is 1.00 e. The maximum atomic E-state index is 12.2. The van der Waals surface area contributed by atoms with Gasteiger partial charge in [0, 0.05) is 11.5 Å². The summed E-state index contributed by atoms with van der Waals surface area (Å²) in [5.74, 6) is -0.125. The summed E-state index contributed by atoms with van der Waals surface area (Å²) in [7, 11) is -5.02. The van der Waals surface area contributed by atoms with E-state index in [1.165, 1.54) is 18.6 Å². The molecule has 1 fully saturated rings. The summed E-state index contributed by atoms with van der Waals surface area (Å²) in [5, 5.41) is 0.291. The molecule has 154 valence electrons. The van der Waals surface area contributed by atoms with Gasteiger partial charge >= 0.3 is 35.5 Å². The van der Waals surface area contributed by atoms with E-state index < -0.39 is 16.4 Å². The van der Waals surface area contributed by atoms with Gasteiger partial charge in [-0.25, -0.2) is 13.2 Å². The normalized spacial score (nSPS) is 15.0. The average Bonchev–Trinajstić information content (AvgIpc) is 2.94. The number of benzene rings is 1. The van der Waals surface area contributed by atoms with Crippen molar-refractivity contribution in [3.05, 3.63) is 23.5 Å². The van der Waals surface area contributed by atoms with Crippen LogP contribution in [-0.2, 0) is 15.1 Å². The van der Waals surface area contributed by atoms with Crippen LogP contribution in [0.5, 0.6) is 11.5 Å². The molecule has 0 saturated heterocycles. The number of fused-ring (bicyclic) bond motifs is 1. The van der Waals surface area contributed by atoms with Crippen molar-refractivity contribution in [3.8, 4) is 11.5 Å². The predicted octanol–water partition coefficient (Wildman–Crippen LogP) is 0.720. The van der Waals surface area contributed by atoms with E-state index in [2.05, 4.69) is 4.18 Å². The third-order valence-corrected chi connectivity index (χ3v) is 5.18. The second-order valence-electron chi connectivity index (χ2n) is 6.86. The Bertz CT molecular complexity index is 960. The number of esters is 1. The zero-order valence-corrected chi connectivity index (χ0v) is 19.7. The molecule has 29 heavy (non-hydrogen) atoms. The van der Waals surface area contributed by atoms with Crippen LogP contribution in [0.25, 0.3) is 11.0 Å². The monoisotopic (exact) mass is 434 g/mol. The van der Waals surface area contributed by atoms with E-state index in [9.17, 15) is 17.8 Å². The number of rotatable bonds is 7. The van der Waals surface area contributed by atoms with Crippen molar-refractivity contribution < 1.29 is 65.4 Å². The molecule has 2 aromatic rings. The van der Waals surface area contributed by atoms with Crippen LogP contribution in [0, 0.1) is 12.8 Å². The Morgan fingerprint density at radius 1 is 1.21 bits per heavy atom. The van der Waals surface area contributed by atoms with Crippen LogP contribution in [0.2, 0.25) is 0 Å². The topological polar surface area (TPSA) is 115 Å². The summed E-state index contributed by atoms with van der Waals surface area (Å²) in [6, 6.07) is 2.71. The fourth-order valence-electron chi connectivity index (χ4n) is 3.53. The Labute approximate surface area is 192 Å². The van der Waals surface area contributed by atoms with Crippen molar-refractivity contribution in [1.29, 1.82) is 0 Å². The molecule has 0 aliphatic heterocycles. The Balaban J connectivity index is 0.00000300. The van der Waals surface area contributed by atoms with E-state index in [1.807, 2.05) is 0 Å². The molecule has 1 aliphatic rings. The molecule has 0 bridgehead atoms. The molecule has 10 heteroatoms. The van der Waals surface area contributed by atoms with Crippen LogP contribution >= 0.6 is 0 Å². The van der Waals surface area contributed by atoms with Gasteiger partial charge in [-0.05, 0) is 38.7 Å². The maximum absolute atomic E-state index is 12.2. The average molecular weight is 434 g/mol. The molecule has 8 nitrogen and oxygen atoms in total. The molecule has 1 aliphatic carbocycles. The Hall–Kier alpha value is -1.26. The number of hydrogen-bond acceptors (Lipinski definition) is 8. The van der Waals surface area contributed by atoms with Gasteiger partial charge < -0.3 is 22.6 Å². The first-order chi connectivity index (χ1) is 13.3. The smallest absolute Gasteiger partial charge is 0.716 e. The zero-order chi connectivity index (χ0) is 20.3. The van der Waals surface area contributed by atoms with E-state index in [4.69, 9.17) is 13.9 Å². The van der Waals surface area contributed by atoms with Gasteiger partial charge in [-0.1, -0.05) is 19.3 Å². The van der Waals surface area contributed by atoms with Gasteiger partial charge in [0.05, 0.1) is 13.2 Å². The van der Waals surface area contributed by atoms with Crippen LogP contribution in [0.4, 0.5) is 0 Å². The van der Waals surface area contributed by atoms with Crippen molar-refractivity contribution >= 4 is 27.3 Å². The number of furan rings is 1. The molecule has 1 aromatic carbocycles. The first kappa shape index (κ1) is 24.0. The second-order valence-corrected chi connectivity index (χ2v) is 7.84. The first-order valence-electron chi connectivity index (χ1n) is 9.31. The standard InChI is InChI=1S/C19H24O8S.Na/c1-3-24-19(20)18-12(2)26-15-10-16(25-11-13-7-5-4-6-8-13)17(9-14(15)18)27-28(21,22)23;/h9-10,13H,3-8,11H2,1-2H3,(H,21,22,23);/q;+1/p-1. The molecule has 0 unspecified atom stereocenters. The van der Waals surface area contributed by atoms with Crippen LogP contribution in [-0.4, -0.2) is 32.2 Å². The van der Waals surface area contributed by atoms with Crippen molar-refractivity contribution in [2.24, 2.45) is 5.92 Å². The molecule has 0 atom stereocenters. The fourth-order valence-corrected chi connectivity index (χ4v) is 3.88. The predicted molar refractivity (Wildman–Crippen MR) is 99.3 cm³/mol. The molecule has 0 radical (unpaired) electrons. The van der Waals surface area contributed by atoms with Gasteiger partial charge in [0.1, 0.15) is 16.9 Å². The van der Waals surface area contributed by atoms with Crippen LogP contribution < -0.4 is 38.5 Å². The Kier molecular flexibility index (Phi) is 8.42. The summed E-state index contributed by atoms with van der Waals surface area (Å²) in [6.07, 6.45) is 5.53. The van der Waals surface area contributed by atoms with Crippen molar-refractivity contribution in [2.75, 3.05) is 13.2 Å². The summed E-state index contributed by atoms with van der Waals surface area (Å²) in [5.41, 5.74) is 0.471. The van der Waals surface area contributed by atoms with Crippen molar-refractivity contribution in [1.82, 2.24) is 0 Å². The number of carbonyl (C=O) groups excluding carboxylic acids is 1. The summed E-state index contributed by atoms with van der Waals surface area (Å²) in [6.45, 7) is 3.82. The molecule has 1 aromatic heterocycles. The van der Waals surface area contributed by atoms with Gasteiger partial charge in [0.2, 0.25) is 0 Å². The van der Waals surface area contributed by atoms with E-state index in [0.717, 1.165) is 25.7 Å². The van der Waals surface area contributed by atoms with Gasteiger partial charge in [0.15, 0.2) is 11.5 Å².